The third kappa shape index (κ3) is 5.84. The van der Waals surface area contributed by atoms with Gasteiger partial charge in [0, 0.05) is 19.5 Å². The van der Waals surface area contributed by atoms with Crippen LogP contribution in [0.1, 0.15) is 50.3 Å². The minimum Gasteiger partial charge on any atom is -0.497 e. The van der Waals surface area contributed by atoms with Crippen molar-refractivity contribution >= 4 is 11.8 Å². The van der Waals surface area contributed by atoms with E-state index in [2.05, 4.69) is 5.32 Å². The number of hydrogen-bond acceptors (Lipinski definition) is 3. The molecule has 0 spiro atoms. The van der Waals surface area contributed by atoms with Crippen molar-refractivity contribution in [2.75, 3.05) is 13.7 Å². The molecule has 0 aliphatic carbocycles. The molecule has 1 atom stereocenters. The van der Waals surface area contributed by atoms with Gasteiger partial charge in [0.15, 0.2) is 0 Å². The lowest BCUT2D eigenvalue weighted by Crippen LogP contribution is -2.43. The van der Waals surface area contributed by atoms with Gasteiger partial charge in [-0.25, -0.2) is 0 Å². The average Bonchev–Trinajstić information content (AvgIpc) is 2.73. The van der Waals surface area contributed by atoms with E-state index in [0.717, 1.165) is 29.7 Å². The third-order valence-electron chi connectivity index (χ3n) is 4.52. The molecule has 0 aliphatic rings. The topological polar surface area (TPSA) is 58.6 Å². The van der Waals surface area contributed by atoms with Gasteiger partial charge in [-0.2, -0.15) is 0 Å². The first-order valence-corrected chi connectivity index (χ1v) is 9.85. The lowest BCUT2D eigenvalue weighted by molar-refractivity contribution is -0.141. The van der Waals surface area contributed by atoms with Gasteiger partial charge in [-0.1, -0.05) is 56.3 Å². The molecule has 0 fully saturated rings. The van der Waals surface area contributed by atoms with Crippen molar-refractivity contribution in [1.82, 2.24) is 10.2 Å². The van der Waals surface area contributed by atoms with E-state index in [0.29, 0.717) is 19.5 Å². The molecular weight excluding hydrogens is 352 g/mol. The Labute approximate surface area is 167 Å². The average molecular weight is 383 g/mol. The maximum absolute atomic E-state index is 13.0. The van der Waals surface area contributed by atoms with E-state index in [4.69, 9.17) is 4.74 Å². The van der Waals surface area contributed by atoms with Gasteiger partial charge in [-0.05, 0) is 36.1 Å². The Bertz CT molecular complexity index is 744. The summed E-state index contributed by atoms with van der Waals surface area (Å²) in [6, 6.07) is 16.4. The molecule has 150 valence electrons. The Morgan fingerprint density at radius 1 is 1.00 bits per heavy atom. The molecule has 0 saturated carbocycles. The van der Waals surface area contributed by atoms with Crippen LogP contribution in [0.15, 0.2) is 54.6 Å². The monoisotopic (exact) mass is 382 g/mol. The van der Waals surface area contributed by atoms with E-state index in [9.17, 15) is 9.59 Å². The van der Waals surface area contributed by atoms with Crippen molar-refractivity contribution in [2.24, 2.45) is 0 Å². The number of carbonyl (C=O) groups is 2. The fourth-order valence-electron chi connectivity index (χ4n) is 3.06. The molecule has 1 unspecified atom stereocenters. The third-order valence-corrected chi connectivity index (χ3v) is 4.52. The van der Waals surface area contributed by atoms with Crippen LogP contribution in [0.2, 0.25) is 0 Å². The summed E-state index contributed by atoms with van der Waals surface area (Å²) in [7, 11) is 1.62. The lowest BCUT2D eigenvalue weighted by atomic mass is 10.0. The normalized spacial score (nSPS) is 11.5. The van der Waals surface area contributed by atoms with Crippen LogP contribution >= 0.6 is 0 Å². The standard InChI is InChI=1S/C23H30N2O3/c1-4-9-21(26)25(17-18-12-14-20(28-3)15-13-18)22(23(27)24-16-5-2)19-10-7-6-8-11-19/h6-8,10-15,22H,4-5,9,16-17H2,1-3H3,(H,24,27). The van der Waals surface area contributed by atoms with Crippen LogP contribution in [0.25, 0.3) is 0 Å². The lowest BCUT2D eigenvalue weighted by Gasteiger charge is -2.31. The number of methoxy groups -OCH3 is 1. The summed E-state index contributed by atoms with van der Waals surface area (Å²) in [6.45, 7) is 4.93. The van der Waals surface area contributed by atoms with Crippen molar-refractivity contribution < 1.29 is 14.3 Å². The smallest absolute Gasteiger partial charge is 0.247 e. The second kappa shape index (κ2) is 11.1. The Morgan fingerprint density at radius 3 is 2.25 bits per heavy atom. The summed E-state index contributed by atoms with van der Waals surface area (Å²) in [5.74, 6) is 0.584. The Hall–Kier alpha value is -2.82. The van der Waals surface area contributed by atoms with Gasteiger partial charge in [0.05, 0.1) is 7.11 Å². The summed E-state index contributed by atoms with van der Waals surface area (Å²) in [6.07, 6.45) is 1.98. The van der Waals surface area contributed by atoms with Crippen LogP contribution in [0.3, 0.4) is 0 Å². The van der Waals surface area contributed by atoms with Crippen molar-refractivity contribution in [3.63, 3.8) is 0 Å². The van der Waals surface area contributed by atoms with Gasteiger partial charge in [0.25, 0.3) is 0 Å². The maximum atomic E-state index is 13.0. The predicted molar refractivity (Wildman–Crippen MR) is 111 cm³/mol. The summed E-state index contributed by atoms with van der Waals surface area (Å²) >= 11 is 0. The van der Waals surface area contributed by atoms with E-state index >= 15 is 0 Å². The SMILES string of the molecule is CCCNC(=O)C(c1ccccc1)N(Cc1ccc(OC)cc1)C(=O)CCC. The largest absolute Gasteiger partial charge is 0.497 e. The van der Waals surface area contributed by atoms with Gasteiger partial charge in [0.2, 0.25) is 11.8 Å². The van der Waals surface area contributed by atoms with Gasteiger partial charge < -0.3 is 15.0 Å². The molecule has 0 aromatic heterocycles. The Kier molecular flexibility index (Phi) is 8.53. The fourth-order valence-corrected chi connectivity index (χ4v) is 3.06. The van der Waals surface area contributed by atoms with Gasteiger partial charge in [-0.15, -0.1) is 0 Å². The van der Waals surface area contributed by atoms with E-state index in [-0.39, 0.29) is 11.8 Å². The molecule has 2 amide bonds. The zero-order chi connectivity index (χ0) is 20.4. The van der Waals surface area contributed by atoms with Gasteiger partial charge in [-0.3, -0.25) is 9.59 Å². The summed E-state index contributed by atoms with van der Waals surface area (Å²) in [5, 5.41) is 2.96. The molecule has 5 heteroatoms. The summed E-state index contributed by atoms with van der Waals surface area (Å²) in [4.78, 5) is 27.7. The first kappa shape index (κ1) is 21.5. The molecule has 0 aliphatic heterocycles. The molecule has 0 heterocycles. The molecular formula is C23H30N2O3. The summed E-state index contributed by atoms with van der Waals surface area (Å²) in [5.41, 5.74) is 1.77. The molecule has 2 aromatic carbocycles. The quantitative estimate of drug-likeness (QED) is 0.673. The summed E-state index contributed by atoms with van der Waals surface area (Å²) < 4.78 is 5.21. The zero-order valence-corrected chi connectivity index (χ0v) is 17.0. The Balaban J connectivity index is 2.38. The van der Waals surface area contributed by atoms with Crippen molar-refractivity contribution in [3.8, 4) is 5.75 Å². The number of nitrogens with one attached hydrogen (secondary N) is 1. The highest BCUT2D eigenvalue weighted by Gasteiger charge is 2.30. The number of nitrogens with zero attached hydrogens (tertiary/aromatic N) is 1. The number of hydrogen-bond donors (Lipinski definition) is 1. The second-order valence-corrected chi connectivity index (χ2v) is 6.72. The predicted octanol–water partition coefficient (Wildman–Crippen LogP) is 4.09. The van der Waals surface area contributed by atoms with E-state index in [1.807, 2.05) is 68.4 Å². The maximum Gasteiger partial charge on any atom is 0.247 e. The van der Waals surface area contributed by atoms with E-state index < -0.39 is 6.04 Å². The zero-order valence-electron chi connectivity index (χ0n) is 17.0. The van der Waals surface area contributed by atoms with Crippen LogP contribution < -0.4 is 10.1 Å². The molecule has 2 rings (SSSR count). The first-order chi connectivity index (χ1) is 13.6. The molecule has 1 N–H and O–H groups in total. The Morgan fingerprint density at radius 2 is 1.68 bits per heavy atom. The van der Waals surface area contributed by atoms with Crippen LogP contribution in [0.4, 0.5) is 0 Å². The number of rotatable bonds is 10. The molecule has 0 radical (unpaired) electrons. The first-order valence-electron chi connectivity index (χ1n) is 9.85. The minimum absolute atomic E-state index is 0.0289. The van der Waals surface area contributed by atoms with E-state index in [1.54, 1.807) is 12.0 Å². The van der Waals surface area contributed by atoms with Crippen LogP contribution in [-0.4, -0.2) is 30.4 Å². The molecule has 2 aromatic rings. The highest BCUT2D eigenvalue weighted by Crippen LogP contribution is 2.25. The molecule has 0 bridgehead atoms. The number of benzene rings is 2. The minimum atomic E-state index is -0.658. The van der Waals surface area contributed by atoms with Crippen molar-refractivity contribution in [1.29, 1.82) is 0 Å². The van der Waals surface area contributed by atoms with Crippen LogP contribution in [-0.2, 0) is 16.1 Å². The highest BCUT2D eigenvalue weighted by atomic mass is 16.5. The van der Waals surface area contributed by atoms with Gasteiger partial charge in [0.1, 0.15) is 11.8 Å². The van der Waals surface area contributed by atoms with Gasteiger partial charge >= 0.3 is 0 Å². The number of carbonyl (C=O) groups excluding carboxylic acids is 2. The fraction of sp³-hybridized carbons (Fsp3) is 0.391. The van der Waals surface area contributed by atoms with Crippen LogP contribution in [0.5, 0.6) is 5.75 Å². The van der Waals surface area contributed by atoms with Crippen LogP contribution in [0, 0.1) is 0 Å². The number of ether oxygens (including phenoxy) is 1. The molecule has 5 nitrogen and oxygen atoms in total. The second-order valence-electron chi connectivity index (χ2n) is 6.72. The highest BCUT2D eigenvalue weighted by molar-refractivity contribution is 5.88. The molecule has 28 heavy (non-hydrogen) atoms. The molecule has 0 saturated heterocycles. The number of amides is 2. The van der Waals surface area contributed by atoms with Crippen molar-refractivity contribution in [2.45, 2.75) is 45.7 Å². The van der Waals surface area contributed by atoms with Crippen molar-refractivity contribution in [3.05, 3.63) is 65.7 Å². The van der Waals surface area contributed by atoms with E-state index in [1.165, 1.54) is 0 Å².